The average molecular weight is 692 g/mol. The van der Waals surface area contributed by atoms with Crippen molar-refractivity contribution >= 4 is 47.4 Å². The zero-order valence-electron chi connectivity index (χ0n) is 26.6. The van der Waals surface area contributed by atoms with E-state index in [1.165, 1.54) is 81.2 Å². The van der Waals surface area contributed by atoms with Gasteiger partial charge in [-0.2, -0.15) is 10.5 Å². The molecular weight excluding hydrogens is 663 g/mol. The molecule has 0 atom stereocenters. The van der Waals surface area contributed by atoms with E-state index >= 15 is 0 Å². The van der Waals surface area contributed by atoms with Gasteiger partial charge in [0.1, 0.15) is 0 Å². The number of hydrogen-bond donors (Lipinski definition) is 0. The molecule has 0 N–H and O–H groups in total. The summed E-state index contributed by atoms with van der Waals surface area (Å²) < 4.78 is 54.8. The van der Waals surface area contributed by atoms with Crippen LogP contribution in [0, 0.1) is 22.7 Å². The summed E-state index contributed by atoms with van der Waals surface area (Å²) in [6, 6.07) is 32.1. The molecule has 0 saturated carbocycles. The summed E-state index contributed by atoms with van der Waals surface area (Å²) in [4.78, 5) is 23.6. The van der Waals surface area contributed by atoms with Crippen molar-refractivity contribution in [2.45, 2.75) is 15.5 Å². The molecule has 0 bridgehead atoms. The van der Waals surface area contributed by atoms with E-state index in [0.29, 0.717) is 22.4 Å². The predicted molar refractivity (Wildman–Crippen MR) is 187 cm³/mol. The van der Waals surface area contributed by atoms with Crippen molar-refractivity contribution in [1.29, 1.82) is 10.5 Å². The maximum absolute atomic E-state index is 12.8. The van der Waals surface area contributed by atoms with Crippen molar-refractivity contribution in [3.05, 3.63) is 147 Å². The van der Waals surface area contributed by atoms with E-state index in [1.807, 2.05) is 12.1 Å². The molecule has 0 amide bonds. The molecule has 0 aliphatic rings. The molecule has 0 saturated heterocycles. The summed E-state index contributed by atoms with van der Waals surface area (Å²) in [5.74, 6) is -0.141. The molecule has 0 fully saturated rings. The Morgan fingerprint density at radius 1 is 0.612 bits per heavy atom. The molecule has 2 heterocycles. The Hall–Kier alpha value is -6.02. The molecule has 0 unspecified atom stereocenters. The first-order valence-electron chi connectivity index (χ1n) is 14.7. The van der Waals surface area contributed by atoms with E-state index in [9.17, 15) is 26.4 Å². The molecule has 11 nitrogen and oxygen atoms in total. The third kappa shape index (κ3) is 7.13. The number of nitrogens with zero attached hydrogens (tertiary/aromatic N) is 5. The normalized spacial score (nSPS) is 11.3. The largest absolute Gasteiger partial charge is 0.311 e. The van der Waals surface area contributed by atoms with E-state index in [2.05, 4.69) is 0 Å². The number of aromatic nitrogens is 2. The Bertz CT molecular complexity index is 2650. The van der Waals surface area contributed by atoms with Crippen LogP contribution in [0.3, 0.4) is 0 Å². The van der Waals surface area contributed by atoms with Gasteiger partial charge in [0.25, 0.3) is 21.1 Å². The van der Waals surface area contributed by atoms with Gasteiger partial charge in [-0.25, -0.2) is 16.8 Å². The zero-order chi connectivity index (χ0) is 35.5. The zero-order valence-corrected chi connectivity index (χ0v) is 28.2. The van der Waals surface area contributed by atoms with Gasteiger partial charge in [0, 0.05) is 38.7 Å². The maximum atomic E-state index is 12.8. The van der Waals surface area contributed by atoms with Gasteiger partial charge < -0.3 is 9.13 Å². The fourth-order valence-corrected chi connectivity index (χ4v) is 7.65. The number of nitriles is 2. The van der Waals surface area contributed by atoms with Crippen LogP contribution in [0.4, 0.5) is 5.69 Å². The quantitative estimate of drug-likeness (QED) is 0.244. The van der Waals surface area contributed by atoms with Crippen LogP contribution in [-0.4, -0.2) is 33.0 Å². The predicted octanol–water partition coefficient (Wildman–Crippen LogP) is 4.62. The second-order valence-corrected chi connectivity index (χ2v) is 15.1. The smallest absolute Gasteiger partial charge is 0.264 e. The summed E-state index contributed by atoms with van der Waals surface area (Å²) in [5.41, 5.74) is 3.18. The molecule has 13 heteroatoms. The van der Waals surface area contributed by atoms with E-state index in [1.54, 1.807) is 62.6 Å². The van der Waals surface area contributed by atoms with Crippen molar-refractivity contribution in [2.24, 2.45) is 14.1 Å². The molecule has 246 valence electrons. The molecule has 0 aliphatic heterocycles. The number of aryl methyl sites for hydroxylation is 2. The monoisotopic (exact) mass is 691 g/mol. The first-order valence-corrected chi connectivity index (χ1v) is 17.7. The highest BCUT2D eigenvalue weighted by molar-refractivity contribution is 7.92. The molecule has 4 aromatic carbocycles. The molecule has 49 heavy (non-hydrogen) atoms. The lowest BCUT2D eigenvalue weighted by Gasteiger charge is -2.20. The number of hydrogen-bond acceptors (Lipinski definition) is 8. The summed E-state index contributed by atoms with van der Waals surface area (Å²) in [7, 11) is -2.44. The summed E-state index contributed by atoms with van der Waals surface area (Å²) in [6.07, 6.45) is 0. The number of pyridine rings is 2. The van der Waals surface area contributed by atoms with Crippen molar-refractivity contribution < 1.29 is 16.8 Å². The number of rotatable bonds is 6. The van der Waals surface area contributed by atoms with Gasteiger partial charge in [-0.05, 0) is 102 Å². The van der Waals surface area contributed by atoms with Gasteiger partial charge in [0.05, 0.1) is 55.5 Å². The molecule has 0 spiro atoms. The number of anilines is 1. The van der Waals surface area contributed by atoms with Crippen LogP contribution in [0.2, 0.25) is 0 Å². The van der Waals surface area contributed by atoms with E-state index in [-0.39, 0.29) is 26.7 Å². The highest BCUT2D eigenvalue weighted by Gasteiger charge is 2.22. The lowest BCUT2D eigenvalue weighted by Crippen LogP contribution is -2.26. The van der Waals surface area contributed by atoms with Crippen molar-refractivity contribution in [3.8, 4) is 12.1 Å². The Balaban J connectivity index is 0.000000191. The number of sulfone groups is 1. The summed E-state index contributed by atoms with van der Waals surface area (Å²) in [6.45, 7) is 0. The number of sulfonamides is 1. The van der Waals surface area contributed by atoms with Gasteiger partial charge in [0.15, 0.2) is 9.84 Å². The van der Waals surface area contributed by atoms with Crippen LogP contribution in [-0.2, 0) is 39.7 Å². The van der Waals surface area contributed by atoms with Crippen LogP contribution in [0.25, 0.3) is 21.8 Å². The van der Waals surface area contributed by atoms with Crippen LogP contribution in [0.15, 0.2) is 129 Å². The third-order valence-corrected chi connectivity index (χ3v) is 11.5. The third-order valence-electron chi connectivity index (χ3n) is 8.00. The minimum absolute atomic E-state index is 0.106. The topological polar surface area (TPSA) is 163 Å². The highest BCUT2D eigenvalue weighted by atomic mass is 32.2. The minimum Gasteiger partial charge on any atom is -0.311 e. The van der Waals surface area contributed by atoms with Gasteiger partial charge in [0.2, 0.25) is 0 Å². The SMILES string of the molecule is CN(c1ccc2c(ccc(=O)n2C)c1)S(=O)(=O)c1ccc(C#N)cc1.Cn1c(=O)ccc2cc(CS(=O)(=O)c3ccc(C#N)cc3)ccc21. The Morgan fingerprint density at radius 2 is 1.08 bits per heavy atom. The van der Waals surface area contributed by atoms with Crippen LogP contribution < -0.4 is 15.4 Å². The minimum atomic E-state index is -3.75. The Morgan fingerprint density at radius 3 is 1.59 bits per heavy atom. The van der Waals surface area contributed by atoms with Crippen molar-refractivity contribution in [3.63, 3.8) is 0 Å². The Labute approximate surface area is 282 Å². The first kappa shape index (κ1) is 34.3. The number of benzene rings is 4. The van der Waals surface area contributed by atoms with Crippen LogP contribution in [0.1, 0.15) is 16.7 Å². The molecule has 0 aliphatic carbocycles. The lowest BCUT2D eigenvalue weighted by atomic mass is 10.1. The standard InChI is InChI=1S/C18H15N3O3S.C18H14N2O3S/c1-20-17-9-6-15(11-14(17)5-10-18(20)22)21(2)25(23,24)16-7-3-13(12-19)4-8-16;1-20-17-8-4-14(10-15(17)5-9-18(20)21)12-24(22,23)16-6-2-13(11-19)3-7-16/h3-11H,1-2H3;2-10H,12H2,1H3. The summed E-state index contributed by atoms with van der Waals surface area (Å²) in [5, 5.41) is 19.2. The van der Waals surface area contributed by atoms with Crippen molar-refractivity contribution in [2.75, 3.05) is 11.4 Å². The first-order chi connectivity index (χ1) is 23.2. The van der Waals surface area contributed by atoms with Gasteiger partial charge in [-0.15, -0.1) is 0 Å². The fraction of sp³-hybridized carbons (Fsp3) is 0.111. The summed E-state index contributed by atoms with van der Waals surface area (Å²) >= 11 is 0. The van der Waals surface area contributed by atoms with E-state index < -0.39 is 19.9 Å². The highest BCUT2D eigenvalue weighted by Crippen LogP contribution is 2.26. The molecule has 2 aromatic heterocycles. The van der Waals surface area contributed by atoms with Gasteiger partial charge >= 0.3 is 0 Å². The van der Waals surface area contributed by atoms with Crippen LogP contribution >= 0.6 is 0 Å². The van der Waals surface area contributed by atoms with Gasteiger partial charge in [-0.1, -0.05) is 6.07 Å². The second kappa shape index (κ2) is 13.6. The van der Waals surface area contributed by atoms with E-state index in [0.717, 1.165) is 21.8 Å². The number of fused-ring (bicyclic) bond motifs is 2. The second-order valence-electron chi connectivity index (χ2n) is 11.1. The molecular formula is C36H29N5O6S2. The van der Waals surface area contributed by atoms with Gasteiger partial charge in [-0.3, -0.25) is 13.9 Å². The maximum Gasteiger partial charge on any atom is 0.264 e. The molecule has 6 rings (SSSR count). The van der Waals surface area contributed by atoms with Crippen LogP contribution in [0.5, 0.6) is 0 Å². The van der Waals surface area contributed by atoms with Crippen molar-refractivity contribution in [1.82, 2.24) is 9.13 Å². The molecule has 6 aromatic rings. The lowest BCUT2D eigenvalue weighted by molar-refractivity contribution is 0.593. The van der Waals surface area contributed by atoms with E-state index in [4.69, 9.17) is 10.5 Å². The Kier molecular flexibility index (Phi) is 9.53. The fourth-order valence-electron chi connectivity index (χ4n) is 5.13. The average Bonchev–Trinajstić information content (AvgIpc) is 3.11. The molecule has 0 radical (unpaired) electrons.